The molecule has 0 spiro atoms. The van der Waals surface area contributed by atoms with Gasteiger partial charge in [0.2, 0.25) is 0 Å². The largest absolute Gasteiger partial charge is 0.481 e. The van der Waals surface area contributed by atoms with Crippen molar-refractivity contribution in [1.29, 1.82) is 0 Å². The summed E-state index contributed by atoms with van der Waals surface area (Å²) in [6, 6.07) is 6.30. The highest BCUT2D eigenvalue weighted by Gasteiger charge is 2.12. The molecular formula is C12H12FN3O2. The molecule has 3 N–H and O–H groups in total. The number of benzene rings is 1. The van der Waals surface area contributed by atoms with Crippen LogP contribution < -0.4 is 5.73 Å². The second-order valence-electron chi connectivity index (χ2n) is 3.87. The van der Waals surface area contributed by atoms with Crippen LogP contribution in [0.15, 0.2) is 30.5 Å². The molecule has 0 amide bonds. The fourth-order valence-corrected chi connectivity index (χ4v) is 1.65. The molecular weight excluding hydrogens is 237 g/mol. The standard InChI is InChI=1S/C12H12FN3O2/c13-10-4-2-1-3-8(10)7-16-12(14)9(6-15-16)5-11(17)18/h1-4,6H,5,7,14H2,(H,17,18). The van der Waals surface area contributed by atoms with E-state index in [0.29, 0.717) is 11.1 Å². The van der Waals surface area contributed by atoms with Gasteiger partial charge < -0.3 is 10.8 Å². The number of nitrogens with zero attached hydrogens (tertiary/aromatic N) is 2. The summed E-state index contributed by atoms with van der Waals surface area (Å²) in [7, 11) is 0. The normalized spacial score (nSPS) is 10.5. The summed E-state index contributed by atoms with van der Waals surface area (Å²) in [5, 5.41) is 12.6. The van der Waals surface area contributed by atoms with Gasteiger partial charge in [0, 0.05) is 11.1 Å². The van der Waals surface area contributed by atoms with Crippen LogP contribution in [0.3, 0.4) is 0 Å². The number of anilines is 1. The van der Waals surface area contributed by atoms with Crippen molar-refractivity contribution in [3.63, 3.8) is 0 Å². The Morgan fingerprint density at radius 3 is 2.78 bits per heavy atom. The number of carboxylic acid groups (broad SMARTS) is 1. The van der Waals surface area contributed by atoms with E-state index in [0.717, 1.165) is 0 Å². The molecule has 0 aliphatic carbocycles. The Morgan fingerprint density at radius 1 is 1.39 bits per heavy atom. The molecule has 0 saturated carbocycles. The number of aromatic nitrogens is 2. The highest BCUT2D eigenvalue weighted by atomic mass is 19.1. The van der Waals surface area contributed by atoms with Gasteiger partial charge in [-0.2, -0.15) is 5.10 Å². The highest BCUT2D eigenvalue weighted by Crippen LogP contribution is 2.15. The zero-order valence-corrected chi connectivity index (χ0v) is 9.51. The van der Waals surface area contributed by atoms with Gasteiger partial charge in [-0.1, -0.05) is 18.2 Å². The van der Waals surface area contributed by atoms with Gasteiger partial charge in [0.1, 0.15) is 11.6 Å². The predicted octanol–water partition coefficient (Wildman–Crippen LogP) is 1.28. The molecule has 0 radical (unpaired) electrons. The smallest absolute Gasteiger partial charge is 0.308 e. The number of nitrogens with two attached hydrogens (primary N) is 1. The zero-order chi connectivity index (χ0) is 13.1. The van der Waals surface area contributed by atoms with Crippen molar-refractivity contribution < 1.29 is 14.3 Å². The number of hydrogen-bond acceptors (Lipinski definition) is 3. The molecule has 0 atom stereocenters. The Bertz CT molecular complexity index is 580. The minimum atomic E-state index is -0.979. The first-order chi connectivity index (χ1) is 8.58. The lowest BCUT2D eigenvalue weighted by Crippen LogP contribution is -2.09. The molecule has 2 rings (SSSR count). The van der Waals surface area contributed by atoms with E-state index in [1.54, 1.807) is 18.2 Å². The molecule has 1 aromatic carbocycles. The number of nitrogen functional groups attached to an aromatic ring is 1. The SMILES string of the molecule is Nc1c(CC(=O)O)cnn1Cc1ccccc1F. The number of carbonyl (C=O) groups is 1. The van der Waals surface area contributed by atoms with E-state index in [1.165, 1.54) is 16.9 Å². The van der Waals surface area contributed by atoms with Gasteiger partial charge in [-0.15, -0.1) is 0 Å². The lowest BCUT2D eigenvalue weighted by atomic mass is 10.2. The third-order valence-corrected chi connectivity index (χ3v) is 2.58. The van der Waals surface area contributed by atoms with Crippen molar-refractivity contribution in [2.45, 2.75) is 13.0 Å². The van der Waals surface area contributed by atoms with Crippen molar-refractivity contribution in [1.82, 2.24) is 9.78 Å². The Kier molecular flexibility index (Phi) is 3.27. The van der Waals surface area contributed by atoms with E-state index in [9.17, 15) is 9.18 Å². The van der Waals surface area contributed by atoms with Crippen LogP contribution in [0.1, 0.15) is 11.1 Å². The fourth-order valence-electron chi connectivity index (χ4n) is 1.65. The van der Waals surface area contributed by atoms with Crippen LogP contribution in [-0.2, 0) is 17.8 Å². The lowest BCUT2D eigenvalue weighted by molar-refractivity contribution is -0.136. The Hall–Kier alpha value is -2.37. The number of aliphatic carboxylic acids is 1. The lowest BCUT2D eigenvalue weighted by Gasteiger charge is -2.06. The van der Waals surface area contributed by atoms with Gasteiger partial charge in [0.05, 0.1) is 19.2 Å². The molecule has 0 aliphatic rings. The van der Waals surface area contributed by atoms with E-state index in [-0.39, 0.29) is 24.6 Å². The summed E-state index contributed by atoms with van der Waals surface area (Å²) < 4.78 is 14.8. The molecule has 1 heterocycles. The van der Waals surface area contributed by atoms with Gasteiger partial charge in [-0.3, -0.25) is 4.79 Å². The quantitative estimate of drug-likeness (QED) is 0.855. The maximum absolute atomic E-state index is 13.4. The zero-order valence-electron chi connectivity index (χ0n) is 9.51. The van der Waals surface area contributed by atoms with Crippen LogP contribution in [0.5, 0.6) is 0 Å². The topological polar surface area (TPSA) is 81.1 Å². The van der Waals surface area contributed by atoms with Crippen molar-refractivity contribution in [3.8, 4) is 0 Å². The first-order valence-corrected chi connectivity index (χ1v) is 5.33. The van der Waals surface area contributed by atoms with E-state index >= 15 is 0 Å². The fraction of sp³-hybridized carbons (Fsp3) is 0.167. The minimum absolute atomic E-state index is 0.179. The first-order valence-electron chi connectivity index (χ1n) is 5.33. The van der Waals surface area contributed by atoms with Crippen LogP contribution >= 0.6 is 0 Å². The minimum Gasteiger partial charge on any atom is -0.481 e. The Morgan fingerprint density at radius 2 is 2.11 bits per heavy atom. The summed E-state index contributed by atoms with van der Waals surface area (Å²) in [5.41, 5.74) is 6.65. The van der Waals surface area contributed by atoms with Crippen molar-refractivity contribution in [2.24, 2.45) is 0 Å². The van der Waals surface area contributed by atoms with Crippen molar-refractivity contribution >= 4 is 11.8 Å². The number of halogens is 1. The molecule has 0 aliphatic heterocycles. The van der Waals surface area contributed by atoms with Gasteiger partial charge in [0.15, 0.2) is 0 Å². The molecule has 0 fully saturated rings. The van der Waals surface area contributed by atoms with Crippen LogP contribution in [0.4, 0.5) is 10.2 Å². The van der Waals surface area contributed by atoms with Crippen molar-refractivity contribution in [3.05, 3.63) is 47.4 Å². The molecule has 94 valence electrons. The molecule has 1 aromatic heterocycles. The molecule has 18 heavy (non-hydrogen) atoms. The molecule has 0 saturated heterocycles. The average molecular weight is 249 g/mol. The van der Waals surface area contributed by atoms with E-state index in [4.69, 9.17) is 10.8 Å². The van der Waals surface area contributed by atoms with Crippen LogP contribution in [0.25, 0.3) is 0 Å². The van der Waals surface area contributed by atoms with Gasteiger partial charge >= 0.3 is 5.97 Å². The van der Waals surface area contributed by atoms with Gasteiger partial charge in [0.25, 0.3) is 0 Å². The van der Waals surface area contributed by atoms with E-state index < -0.39 is 5.97 Å². The Balaban J connectivity index is 2.23. The van der Waals surface area contributed by atoms with Crippen molar-refractivity contribution in [2.75, 3.05) is 5.73 Å². The third-order valence-electron chi connectivity index (χ3n) is 2.58. The van der Waals surface area contributed by atoms with Crippen LogP contribution in [0, 0.1) is 5.82 Å². The van der Waals surface area contributed by atoms with Gasteiger partial charge in [-0.25, -0.2) is 9.07 Å². The second kappa shape index (κ2) is 4.87. The summed E-state index contributed by atoms with van der Waals surface area (Å²) in [6.07, 6.45) is 1.20. The number of carboxylic acids is 1. The molecule has 0 unspecified atom stereocenters. The molecule has 0 bridgehead atoms. The summed E-state index contributed by atoms with van der Waals surface area (Å²) in [4.78, 5) is 10.6. The second-order valence-corrected chi connectivity index (χ2v) is 3.87. The number of rotatable bonds is 4. The summed E-state index contributed by atoms with van der Waals surface area (Å²) in [5.74, 6) is -1.07. The Labute approximate surface area is 103 Å². The first kappa shape index (κ1) is 12.1. The summed E-state index contributed by atoms with van der Waals surface area (Å²) >= 11 is 0. The van der Waals surface area contributed by atoms with E-state index in [1.807, 2.05) is 0 Å². The highest BCUT2D eigenvalue weighted by molar-refractivity contribution is 5.72. The monoisotopic (exact) mass is 249 g/mol. The molecule has 2 aromatic rings. The third kappa shape index (κ3) is 2.48. The summed E-state index contributed by atoms with van der Waals surface area (Å²) in [6.45, 7) is 0.179. The maximum atomic E-state index is 13.4. The van der Waals surface area contributed by atoms with Crippen LogP contribution in [0.2, 0.25) is 0 Å². The number of hydrogen-bond donors (Lipinski definition) is 2. The van der Waals surface area contributed by atoms with E-state index in [2.05, 4.69) is 5.10 Å². The predicted molar refractivity (Wildman–Crippen MR) is 63.5 cm³/mol. The van der Waals surface area contributed by atoms with Gasteiger partial charge in [-0.05, 0) is 6.07 Å². The molecule has 5 nitrogen and oxygen atoms in total. The molecule has 6 heteroatoms. The average Bonchev–Trinajstić information content (AvgIpc) is 2.64. The maximum Gasteiger partial charge on any atom is 0.308 e. The van der Waals surface area contributed by atoms with Crippen LogP contribution in [-0.4, -0.2) is 20.9 Å².